The van der Waals surface area contributed by atoms with Crippen LogP contribution in [0, 0.1) is 6.92 Å². The summed E-state index contributed by atoms with van der Waals surface area (Å²) >= 11 is 0. The maximum Gasteiger partial charge on any atom is 0.341 e. The molecule has 25 heavy (non-hydrogen) atoms. The van der Waals surface area contributed by atoms with E-state index in [0.717, 1.165) is 42.6 Å². The van der Waals surface area contributed by atoms with Gasteiger partial charge in [-0.1, -0.05) is 0 Å². The Hall–Kier alpha value is -3.16. The number of aromatic nitrogens is 3. The fraction of sp³-hybridized carbons (Fsp3) is 0.294. The van der Waals surface area contributed by atoms with Gasteiger partial charge in [-0.05, 0) is 26.2 Å². The molecule has 0 saturated heterocycles. The first-order chi connectivity index (χ1) is 12.0. The van der Waals surface area contributed by atoms with E-state index in [0.29, 0.717) is 11.1 Å². The summed E-state index contributed by atoms with van der Waals surface area (Å²) in [5.74, 6) is -0.709. The lowest BCUT2D eigenvalue weighted by atomic mass is 9.92. The monoisotopic (exact) mass is 340 g/mol. The highest BCUT2D eigenvalue weighted by Crippen LogP contribution is 2.29. The van der Waals surface area contributed by atoms with Crippen molar-refractivity contribution in [2.75, 3.05) is 0 Å². The molecule has 0 aromatic carbocycles. The molecule has 1 unspecified atom stereocenters. The quantitative estimate of drug-likeness (QED) is 0.673. The van der Waals surface area contributed by atoms with Gasteiger partial charge in [0.15, 0.2) is 5.58 Å². The molecule has 0 bridgehead atoms. The van der Waals surface area contributed by atoms with E-state index >= 15 is 0 Å². The number of amides is 1. The standard InChI is InChI=1S/C17H16N4O4/c1-8-18-6-9-11(19-8)3-2-4-12(9)21-16(22)13-5-14-15(20-13)10(7-25-14)17(23)24/h5-7,12,20H,2-4H2,1H3,(H,21,22)(H,23,24). The van der Waals surface area contributed by atoms with E-state index in [1.54, 1.807) is 6.20 Å². The second-order valence-electron chi connectivity index (χ2n) is 6.11. The van der Waals surface area contributed by atoms with Crippen LogP contribution in [0.4, 0.5) is 0 Å². The number of nitrogens with one attached hydrogen (secondary N) is 2. The number of carboxylic acids is 1. The Kier molecular flexibility index (Phi) is 3.52. The Bertz CT molecular complexity index is 988. The van der Waals surface area contributed by atoms with Crippen molar-refractivity contribution in [1.82, 2.24) is 20.3 Å². The molecule has 3 N–H and O–H groups in total. The van der Waals surface area contributed by atoms with Gasteiger partial charge in [0, 0.05) is 23.5 Å². The molecule has 3 aromatic rings. The third kappa shape index (κ3) is 2.65. The lowest BCUT2D eigenvalue weighted by Crippen LogP contribution is -2.31. The zero-order chi connectivity index (χ0) is 17.6. The summed E-state index contributed by atoms with van der Waals surface area (Å²) in [6.45, 7) is 1.84. The van der Waals surface area contributed by atoms with E-state index < -0.39 is 5.97 Å². The molecular weight excluding hydrogens is 324 g/mol. The van der Waals surface area contributed by atoms with Crippen LogP contribution in [-0.2, 0) is 6.42 Å². The Balaban J connectivity index is 1.60. The zero-order valence-corrected chi connectivity index (χ0v) is 13.5. The van der Waals surface area contributed by atoms with Gasteiger partial charge >= 0.3 is 5.97 Å². The minimum Gasteiger partial charge on any atom is -0.477 e. The summed E-state index contributed by atoms with van der Waals surface area (Å²) in [7, 11) is 0. The molecule has 3 heterocycles. The molecule has 1 aliphatic carbocycles. The molecule has 8 nitrogen and oxygen atoms in total. The normalized spacial score (nSPS) is 16.6. The number of carboxylic acid groups (broad SMARTS) is 1. The third-order valence-corrected chi connectivity index (χ3v) is 4.44. The molecule has 1 aliphatic rings. The van der Waals surface area contributed by atoms with Crippen molar-refractivity contribution < 1.29 is 19.1 Å². The molecule has 128 valence electrons. The maximum absolute atomic E-state index is 12.6. The van der Waals surface area contributed by atoms with Gasteiger partial charge in [0.05, 0.1) is 11.6 Å². The van der Waals surface area contributed by atoms with Gasteiger partial charge in [-0.15, -0.1) is 0 Å². The lowest BCUT2D eigenvalue weighted by molar-refractivity contribution is 0.0697. The van der Waals surface area contributed by atoms with Crippen molar-refractivity contribution in [2.24, 2.45) is 0 Å². The molecule has 4 rings (SSSR count). The largest absolute Gasteiger partial charge is 0.477 e. The van der Waals surface area contributed by atoms with Crippen LogP contribution in [0.1, 0.15) is 56.8 Å². The topological polar surface area (TPSA) is 121 Å². The number of carbonyl (C=O) groups is 2. The summed E-state index contributed by atoms with van der Waals surface area (Å²) in [6.07, 6.45) is 5.54. The number of rotatable bonds is 3. The first kappa shape index (κ1) is 15.4. The summed E-state index contributed by atoms with van der Waals surface area (Å²) in [5.41, 5.74) is 2.81. The van der Waals surface area contributed by atoms with Crippen molar-refractivity contribution in [2.45, 2.75) is 32.2 Å². The van der Waals surface area contributed by atoms with Crippen molar-refractivity contribution in [1.29, 1.82) is 0 Å². The Morgan fingerprint density at radius 1 is 1.44 bits per heavy atom. The molecule has 3 aromatic heterocycles. The fourth-order valence-corrected chi connectivity index (χ4v) is 3.22. The van der Waals surface area contributed by atoms with Crippen molar-refractivity contribution in [3.63, 3.8) is 0 Å². The van der Waals surface area contributed by atoms with Crippen LogP contribution < -0.4 is 5.32 Å². The van der Waals surface area contributed by atoms with Crippen LogP contribution in [-0.4, -0.2) is 31.9 Å². The SMILES string of the molecule is Cc1ncc2c(n1)CCCC2NC(=O)c1cc2occ(C(=O)O)c2[nH]1. The number of H-pyrrole nitrogens is 1. The number of carbonyl (C=O) groups excluding carboxylic acids is 1. The highest BCUT2D eigenvalue weighted by Gasteiger charge is 2.25. The fourth-order valence-electron chi connectivity index (χ4n) is 3.22. The molecule has 0 saturated carbocycles. The van der Waals surface area contributed by atoms with Crippen LogP contribution in [0.25, 0.3) is 11.1 Å². The predicted molar refractivity (Wildman–Crippen MR) is 87.4 cm³/mol. The van der Waals surface area contributed by atoms with Crippen molar-refractivity contribution in [3.05, 3.63) is 46.9 Å². The molecule has 0 aliphatic heterocycles. The molecule has 0 fully saturated rings. The number of fused-ring (bicyclic) bond motifs is 2. The number of nitrogens with zero attached hydrogens (tertiary/aromatic N) is 2. The number of aromatic carboxylic acids is 1. The first-order valence-electron chi connectivity index (χ1n) is 7.99. The van der Waals surface area contributed by atoms with Crippen molar-refractivity contribution >= 4 is 23.0 Å². The molecule has 1 atom stereocenters. The van der Waals surface area contributed by atoms with Crippen LogP contribution in [0.2, 0.25) is 0 Å². The van der Waals surface area contributed by atoms with Crippen LogP contribution in [0.3, 0.4) is 0 Å². The van der Waals surface area contributed by atoms with E-state index in [1.165, 1.54) is 6.07 Å². The predicted octanol–water partition coefficient (Wildman–Crippen LogP) is 2.36. The number of hydrogen-bond acceptors (Lipinski definition) is 5. The van der Waals surface area contributed by atoms with E-state index in [4.69, 9.17) is 9.52 Å². The molecule has 8 heteroatoms. The van der Waals surface area contributed by atoms with Gasteiger partial charge in [-0.3, -0.25) is 4.79 Å². The van der Waals surface area contributed by atoms with Gasteiger partial charge in [0.1, 0.15) is 23.3 Å². The second kappa shape index (κ2) is 5.73. The Morgan fingerprint density at radius 3 is 3.08 bits per heavy atom. The molecule has 0 spiro atoms. The minimum atomic E-state index is -1.11. The minimum absolute atomic E-state index is 0.000868. The van der Waals surface area contributed by atoms with Gasteiger partial charge in [0.25, 0.3) is 5.91 Å². The molecular formula is C17H16N4O4. The highest BCUT2D eigenvalue weighted by atomic mass is 16.4. The second-order valence-corrected chi connectivity index (χ2v) is 6.11. The smallest absolute Gasteiger partial charge is 0.341 e. The van der Waals surface area contributed by atoms with Gasteiger partial charge in [0.2, 0.25) is 0 Å². The van der Waals surface area contributed by atoms with Crippen molar-refractivity contribution in [3.8, 4) is 0 Å². The number of hydrogen-bond donors (Lipinski definition) is 3. The van der Waals surface area contributed by atoms with E-state index in [2.05, 4.69) is 20.3 Å². The highest BCUT2D eigenvalue weighted by molar-refractivity contribution is 6.04. The third-order valence-electron chi connectivity index (χ3n) is 4.44. The number of aryl methyl sites for hydroxylation is 2. The van der Waals surface area contributed by atoms with E-state index in [1.807, 2.05) is 6.92 Å². The average molecular weight is 340 g/mol. The van der Waals surface area contributed by atoms with Gasteiger partial charge < -0.3 is 19.8 Å². The zero-order valence-electron chi connectivity index (χ0n) is 13.5. The Labute approximate surface area is 142 Å². The van der Waals surface area contributed by atoms with Gasteiger partial charge in [-0.2, -0.15) is 0 Å². The first-order valence-corrected chi connectivity index (χ1v) is 7.99. The maximum atomic E-state index is 12.6. The van der Waals surface area contributed by atoms with Crippen LogP contribution in [0.5, 0.6) is 0 Å². The molecule has 0 radical (unpaired) electrons. The Morgan fingerprint density at radius 2 is 2.28 bits per heavy atom. The van der Waals surface area contributed by atoms with Crippen LogP contribution >= 0.6 is 0 Å². The lowest BCUT2D eigenvalue weighted by Gasteiger charge is -2.25. The average Bonchev–Trinajstić information content (AvgIpc) is 3.14. The summed E-state index contributed by atoms with van der Waals surface area (Å²) in [4.78, 5) is 35.2. The van der Waals surface area contributed by atoms with Gasteiger partial charge in [-0.25, -0.2) is 14.8 Å². The van der Waals surface area contributed by atoms with E-state index in [-0.39, 0.29) is 23.2 Å². The molecule has 1 amide bonds. The van der Waals surface area contributed by atoms with Crippen LogP contribution in [0.15, 0.2) is 22.9 Å². The summed E-state index contributed by atoms with van der Waals surface area (Å²) in [5, 5.41) is 12.1. The number of furan rings is 1. The van der Waals surface area contributed by atoms with E-state index in [9.17, 15) is 9.59 Å². The summed E-state index contributed by atoms with van der Waals surface area (Å²) in [6, 6.07) is 1.34. The summed E-state index contributed by atoms with van der Waals surface area (Å²) < 4.78 is 5.19. The number of aromatic amines is 1.